The third kappa shape index (κ3) is 4.91. The predicted octanol–water partition coefficient (Wildman–Crippen LogP) is 2.07. The Bertz CT molecular complexity index is 294. The van der Waals surface area contributed by atoms with E-state index in [9.17, 15) is 8.42 Å². The number of hydrogen-bond donors (Lipinski definition) is 0. The Hall–Kier alpha value is -0.830. The van der Waals surface area contributed by atoms with E-state index >= 15 is 0 Å². The second-order valence-corrected chi connectivity index (χ2v) is 4.58. The fourth-order valence-electron chi connectivity index (χ4n) is 0.549. The molecule has 0 saturated heterocycles. The van der Waals surface area contributed by atoms with Gasteiger partial charge >= 0.3 is 0 Å². The molecule has 0 amide bonds. The summed E-state index contributed by atoms with van der Waals surface area (Å²) in [7, 11) is -2.99. The van der Waals surface area contributed by atoms with E-state index < -0.39 is 9.84 Å². The molecule has 0 atom stereocenters. The molecule has 0 saturated carbocycles. The summed E-state index contributed by atoms with van der Waals surface area (Å²) < 4.78 is 21.9. The summed E-state index contributed by atoms with van der Waals surface area (Å²) in [6, 6.07) is 0. The third-order valence-electron chi connectivity index (χ3n) is 1.32. The van der Waals surface area contributed by atoms with Gasteiger partial charge in [0.25, 0.3) is 0 Å². The molecule has 0 unspecified atom stereocenters. The van der Waals surface area contributed by atoms with E-state index in [4.69, 9.17) is 0 Å². The van der Waals surface area contributed by atoms with Crippen molar-refractivity contribution in [2.24, 2.45) is 0 Å². The first kappa shape index (κ1) is 11.2. The van der Waals surface area contributed by atoms with Crippen LogP contribution in [0.2, 0.25) is 0 Å². The first-order valence-corrected chi connectivity index (χ1v) is 5.43. The van der Waals surface area contributed by atoms with Gasteiger partial charge in [-0.25, -0.2) is 8.42 Å². The van der Waals surface area contributed by atoms with Crippen molar-refractivity contribution in [3.63, 3.8) is 0 Å². The summed E-state index contributed by atoms with van der Waals surface area (Å²) in [5, 5.41) is 1.22. The lowest BCUT2D eigenvalue weighted by Crippen LogP contribution is -1.96. The van der Waals surface area contributed by atoms with E-state index in [2.05, 4.69) is 6.58 Å². The van der Waals surface area contributed by atoms with Gasteiger partial charge in [-0.15, -0.1) is 0 Å². The Balaban J connectivity index is 4.46. The maximum absolute atomic E-state index is 11.0. The molecular weight excluding hydrogens is 172 g/mol. The first-order chi connectivity index (χ1) is 5.52. The number of allylic oxidation sites excluding steroid dienone is 4. The van der Waals surface area contributed by atoms with Crippen LogP contribution < -0.4 is 0 Å². The van der Waals surface area contributed by atoms with Gasteiger partial charge in [-0.3, -0.25) is 0 Å². The van der Waals surface area contributed by atoms with Crippen LogP contribution in [-0.4, -0.2) is 14.2 Å². The van der Waals surface area contributed by atoms with Crippen LogP contribution in [0.1, 0.15) is 13.8 Å². The van der Waals surface area contributed by atoms with Gasteiger partial charge in [-0.05, 0) is 13.0 Å². The zero-order chi connectivity index (χ0) is 9.61. The standard InChI is InChI=1S/C9H14O2S/c1-4-6-9(3)7-8-12(10,11)5-2/h4,6-8H,1,5H2,2-3H3/b8-7-,9-6-. The fourth-order valence-corrected chi connectivity index (χ4v) is 1.16. The highest BCUT2D eigenvalue weighted by Gasteiger charge is 1.98. The predicted molar refractivity (Wildman–Crippen MR) is 52.6 cm³/mol. The SMILES string of the molecule is C=C/C=C(C)\C=C/S(=O)(=O)CC. The van der Waals surface area contributed by atoms with E-state index in [0.29, 0.717) is 0 Å². The maximum atomic E-state index is 11.0. The van der Waals surface area contributed by atoms with E-state index in [0.717, 1.165) is 5.57 Å². The summed E-state index contributed by atoms with van der Waals surface area (Å²) >= 11 is 0. The topological polar surface area (TPSA) is 34.1 Å². The van der Waals surface area contributed by atoms with Crippen molar-refractivity contribution in [1.29, 1.82) is 0 Å². The zero-order valence-corrected chi connectivity index (χ0v) is 8.26. The molecule has 0 N–H and O–H groups in total. The summed E-state index contributed by atoms with van der Waals surface area (Å²) in [6.45, 7) is 6.95. The molecule has 0 fully saturated rings. The highest BCUT2D eigenvalue weighted by atomic mass is 32.2. The van der Waals surface area contributed by atoms with E-state index in [1.54, 1.807) is 25.2 Å². The minimum Gasteiger partial charge on any atom is -0.224 e. The van der Waals surface area contributed by atoms with Gasteiger partial charge in [0.2, 0.25) is 0 Å². The Kier molecular flexibility index (Phi) is 4.59. The molecule has 12 heavy (non-hydrogen) atoms. The van der Waals surface area contributed by atoms with E-state index in [-0.39, 0.29) is 5.75 Å². The minimum atomic E-state index is -2.99. The van der Waals surface area contributed by atoms with E-state index in [1.807, 2.05) is 6.92 Å². The molecule has 0 bridgehead atoms. The molecule has 0 aromatic rings. The van der Waals surface area contributed by atoms with Crippen molar-refractivity contribution < 1.29 is 8.42 Å². The van der Waals surface area contributed by atoms with Crippen molar-refractivity contribution >= 4 is 9.84 Å². The van der Waals surface area contributed by atoms with Gasteiger partial charge in [0.1, 0.15) is 0 Å². The molecule has 0 heterocycles. The van der Waals surface area contributed by atoms with Gasteiger partial charge in [0.05, 0.1) is 5.75 Å². The van der Waals surface area contributed by atoms with Crippen molar-refractivity contribution in [3.8, 4) is 0 Å². The Morgan fingerprint density at radius 1 is 1.50 bits per heavy atom. The third-order valence-corrected chi connectivity index (χ3v) is 2.68. The second kappa shape index (κ2) is 4.93. The number of sulfone groups is 1. The van der Waals surface area contributed by atoms with Crippen LogP contribution in [0.25, 0.3) is 0 Å². The lowest BCUT2D eigenvalue weighted by molar-refractivity contribution is 0.605. The average Bonchev–Trinajstić information content (AvgIpc) is 2.02. The van der Waals surface area contributed by atoms with Crippen molar-refractivity contribution in [2.45, 2.75) is 13.8 Å². The van der Waals surface area contributed by atoms with Gasteiger partial charge in [-0.1, -0.05) is 31.2 Å². The van der Waals surface area contributed by atoms with Gasteiger partial charge in [0.15, 0.2) is 9.84 Å². The van der Waals surface area contributed by atoms with E-state index in [1.165, 1.54) is 5.41 Å². The van der Waals surface area contributed by atoms with Crippen LogP contribution in [0, 0.1) is 0 Å². The number of rotatable bonds is 4. The molecule has 0 aromatic heterocycles. The quantitative estimate of drug-likeness (QED) is 0.630. The Morgan fingerprint density at radius 2 is 2.08 bits per heavy atom. The molecule has 0 aromatic carbocycles. The van der Waals surface area contributed by atoms with Crippen LogP contribution in [0.5, 0.6) is 0 Å². The van der Waals surface area contributed by atoms with Gasteiger partial charge in [-0.2, -0.15) is 0 Å². The molecule has 3 heteroatoms. The molecule has 2 nitrogen and oxygen atoms in total. The largest absolute Gasteiger partial charge is 0.224 e. The Labute approximate surface area is 74.2 Å². The van der Waals surface area contributed by atoms with Gasteiger partial charge in [0, 0.05) is 5.41 Å². The smallest absolute Gasteiger partial charge is 0.171 e. The lowest BCUT2D eigenvalue weighted by atomic mass is 10.3. The average molecular weight is 186 g/mol. The molecule has 0 aliphatic heterocycles. The number of hydrogen-bond acceptors (Lipinski definition) is 2. The summed E-state index contributed by atoms with van der Waals surface area (Å²) in [5.74, 6) is 0.144. The highest BCUT2D eigenvalue weighted by molar-refractivity contribution is 7.94. The zero-order valence-electron chi connectivity index (χ0n) is 7.45. The summed E-state index contributed by atoms with van der Waals surface area (Å²) in [6.07, 6.45) is 4.94. The summed E-state index contributed by atoms with van der Waals surface area (Å²) in [4.78, 5) is 0. The van der Waals surface area contributed by atoms with Crippen molar-refractivity contribution in [2.75, 3.05) is 5.75 Å². The molecular formula is C9H14O2S. The lowest BCUT2D eigenvalue weighted by Gasteiger charge is -1.91. The van der Waals surface area contributed by atoms with Crippen LogP contribution in [0.4, 0.5) is 0 Å². The van der Waals surface area contributed by atoms with Crippen LogP contribution >= 0.6 is 0 Å². The normalized spacial score (nSPS) is 13.7. The molecule has 0 aliphatic rings. The van der Waals surface area contributed by atoms with Crippen LogP contribution in [-0.2, 0) is 9.84 Å². The first-order valence-electron chi connectivity index (χ1n) is 3.72. The second-order valence-electron chi connectivity index (χ2n) is 2.40. The molecule has 0 aliphatic carbocycles. The van der Waals surface area contributed by atoms with Crippen molar-refractivity contribution in [3.05, 3.63) is 35.8 Å². The maximum Gasteiger partial charge on any atom is 0.171 e. The molecule has 0 spiro atoms. The van der Waals surface area contributed by atoms with Gasteiger partial charge < -0.3 is 0 Å². The van der Waals surface area contributed by atoms with Crippen molar-refractivity contribution in [1.82, 2.24) is 0 Å². The molecule has 0 radical (unpaired) electrons. The summed E-state index contributed by atoms with van der Waals surface area (Å²) in [5.41, 5.74) is 0.877. The monoisotopic (exact) mass is 186 g/mol. The minimum absolute atomic E-state index is 0.144. The Morgan fingerprint density at radius 3 is 2.50 bits per heavy atom. The van der Waals surface area contributed by atoms with Crippen LogP contribution in [0.3, 0.4) is 0 Å². The molecule has 0 rings (SSSR count). The molecule has 68 valence electrons. The fraction of sp³-hybridized carbons (Fsp3) is 0.333. The highest BCUT2D eigenvalue weighted by Crippen LogP contribution is 1.99. The van der Waals surface area contributed by atoms with Crippen LogP contribution in [0.15, 0.2) is 35.8 Å².